The van der Waals surface area contributed by atoms with Crippen molar-refractivity contribution in [2.75, 3.05) is 24.6 Å². The van der Waals surface area contributed by atoms with Crippen LogP contribution in [0.4, 0.5) is 5.69 Å². The van der Waals surface area contributed by atoms with Gasteiger partial charge in [0, 0.05) is 31.2 Å². The van der Waals surface area contributed by atoms with Gasteiger partial charge in [-0.2, -0.15) is 0 Å². The number of para-hydroxylation sites is 1. The summed E-state index contributed by atoms with van der Waals surface area (Å²) in [5, 5.41) is 0. The molecule has 2 aliphatic heterocycles. The molecule has 0 saturated carbocycles. The zero-order valence-corrected chi connectivity index (χ0v) is 12.9. The smallest absolute Gasteiger partial charge is 0.274 e. The molecule has 4 rings (SSSR count). The Kier molecular flexibility index (Phi) is 3.70. The van der Waals surface area contributed by atoms with Gasteiger partial charge < -0.3 is 14.5 Å². The number of hydrogen-bond donors (Lipinski definition) is 0. The normalized spacial score (nSPS) is 23.2. The van der Waals surface area contributed by atoms with E-state index in [2.05, 4.69) is 9.97 Å². The molecular formula is C17H16N4O3. The molecule has 2 atom stereocenters. The van der Waals surface area contributed by atoms with E-state index in [-0.39, 0.29) is 30.6 Å². The fourth-order valence-electron chi connectivity index (χ4n) is 3.26. The quantitative estimate of drug-likeness (QED) is 0.814. The van der Waals surface area contributed by atoms with Gasteiger partial charge in [0.05, 0.1) is 18.3 Å². The van der Waals surface area contributed by atoms with E-state index in [4.69, 9.17) is 4.74 Å². The third-order valence-corrected chi connectivity index (χ3v) is 4.36. The Labute approximate surface area is 138 Å². The highest BCUT2D eigenvalue weighted by Gasteiger charge is 2.45. The molecular weight excluding hydrogens is 308 g/mol. The molecule has 0 N–H and O–H groups in total. The number of aromatic nitrogens is 2. The summed E-state index contributed by atoms with van der Waals surface area (Å²) in [6.45, 7) is 0.890. The fraction of sp³-hybridized carbons (Fsp3) is 0.294. The van der Waals surface area contributed by atoms with Crippen LogP contribution in [0, 0.1) is 0 Å². The molecule has 2 aliphatic rings. The number of likely N-dealkylation sites (tertiary alicyclic amines) is 1. The van der Waals surface area contributed by atoms with Crippen LogP contribution in [-0.4, -0.2) is 58.5 Å². The second kappa shape index (κ2) is 6.01. The van der Waals surface area contributed by atoms with Gasteiger partial charge >= 0.3 is 0 Å². The maximum Gasteiger partial charge on any atom is 0.274 e. The van der Waals surface area contributed by atoms with Crippen molar-refractivity contribution in [3.63, 3.8) is 0 Å². The Morgan fingerprint density at radius 3 is 2.75 bits per heavy atom. The molecule has 1 aromatic heterocycles. The Morgan fingerprint density at radius 1 is 1.17 bits per heavy atom. The zero-order chi connectivity index (χ0) is 16.5. The summed E-state index contributed by atoms with van der Waals surface area (Å²) in [5.74, 6) is -0.280. The molecule has 24 heavy (non-hydrogen) atoms. The lowest BCUT2D eigenvalue weighted by molar-refractivity contribution is -0.130. The van der Waals surface area contributed by atoms with Crippen LogP contribution < -0.4 is 4.90 Å². The Balaban J connectivity index is 1.59. The number of ether oxygens (including phenoxy) is 1. The highest BCUT2D eigenvalue weighted by atomic mass is 16.5. The van der Waals surface area contributed by atoms with Gasteiger partial charge in [0.25, 0.3) is 11.8 Å². The third-order valence-electron chi connectivity index (χ3n) is 4.36. The zero-order valence-electron chi connectivity index (χ0n) is 12.9. The van der Waals surface area contributed by atoms with Crippen molar-refractivity contribution < 1.29 is 14.3 Å². The summed E-state index contributed by atoms with van der Waals surface area (Å²) in [5.41, 5.74) is 1.13. The molecule has 0 spiro atoms. The van der Waals surface area contributed by atoms with Crippen LogP contribution in [0.15, 0.2) is 48.9 Å². The van der Waals surface area contributed by atoms with E-state index in [9.17, 15) is 9.59 Å². The van der Waals surface area contributed by atoms with Gasteiger partial charge in [0.15, 0.2) is 0 Å². The van der Waals surface area contributed by atoms with E-state index in [1.54, 1.807) is 9.80 Å². The molecule has 0 aliphatic carbocycles. The van der Waals surface area contributed by atoms with Crippen LogP contribution in [0.1, 0.15) is 10.5 Å². The number of hydrogen-bond acceptors (Lipinski definition) is 5. The largest absolute Gasteiger partial charge is 0.364 e. The first kappa shape index (κ1) is 14.8. The number of nitrogens with zero attached hydrogens (tertiary/aromatic N) is 4. The number of rotatable bonds is 2. The molecule has 0 radical (unpaired) electrons. The molecule has 122 valence electrons. The molecule has 2 fully saturated rings. The minimum absolute atomic E-state index is 0.0310. The highest BCUT2D eigenvalue weighted by molar-refractivity contribution is 5.97. The topological polar surface area (TPSA) is 75.6 Å². The van der Waals surface area contributed by atoms with Crippen molar-refractivity contribution >= 4 is 17.5 Å². The standard InChI is InChI=1S/C17H16N4O3/c22-16-11-24-15-10-20(17(23)13-8-18-6-7-19-13)9-14(15)21(16)12-4-2-1-3-5-12/h1-8,14-15H,9-11H2/t14-,15-/m0/s1. The van der Waals surface area contributed by atoms with E-state index in [1.165, 1.54) is 18.6 Å². The molecule has 2 amide bonds. The van der Waals surface area contributed by atoms with Crippen LogP contribution in [0.25, 0.3) is 0 Å². The number of amides is 2. The van der Waals surface area contributed by atoms with Gasteiger partial charge in [0.2, 0.25) is 0 Å². The van der Waals surface area contributed by atoms with Crippen LogP contribution in [0.2, 0.25) is 0 Å². The van der Waals surface area contributed by atoms with Gasteiger partial charge in [-0.05, 0) is 12.1 Å². The monoisotopic (exact) mass is 324 g/mol. The predicted molar refractivity (Wildman–Crippen MR) is 85.4 cm³/mol. The summed E-state index contributed by atoms with van der Waals surface area (Å²) >= 11 is 0. The Morgan fingerprint density at radius 2 is 2.00 bits per heavy atom. The van der Waals surface area contributed by atoms with Crippen molar-refractivity contribution in [1.29, 1.82) is 0 Å². The van der Waals surface area contributed by atoms with Crippen molar-refractivity contribution in [3.8, 4) is 0 Å². The summed E-state index contributed by atoms with van der Waals surface area (Å²) in [6, 6.07) is 9.30. The number of benzene rings is 1. The molecule has 0 bridgehead atoms. The first-order valence-corrected chi connectivity index (χ1v) is 7.78. The Bertz CT molecular complexity index is 753. The van der Waals surface area contributed by atoms with Crippen LogP contribution in [-0.2, 0) is 9.53 Å². The SMILES string of the molecule is O=C(c1cnccn1)N1C[C@@H]2OCC(=O)N(c3ccccc3)[C@H]2C1. The molecule has 2 aromatic rings. The first-order chi connectivity index (χ1) is 11.7. The van der Waals surface area contributed by atoms with Gasteiger partial charge in [-0.15, -0.1) is 0 Å². The lowest BCUT2D eigenvalue weighted by atomic mass is 10.1. The van der Waals surface area contributed by atoms with Crippen LogP contribution in [0.5, 0.6) is 0 Å². The lowest BCUT2D eigenvalue weighted by Gasteiger charge is -2.36. The summed E-state index contributed by atoms with van der Waals surface area (Å²) < 4.78 is 5.66. The number of fused-ring (bicyclic) bond motifs is 1. The van der Waals surface area contributed by atoms with E-state index >= 15 is 0 Å². The maximum absolute atomic E-state index is 12.6. The highest BCUT2D eigenvalue weighted by Crippen LogP contribution is 2.29. The average molecular weight is 324 g/mol. The van der Waals surface area contributed by atoms with Gasteiger partial charge in [-0.25, -0.2) is 4.98 Å². The van der Waals surface area contributed by atoms with Crippen molar-refractivity contribution in [1.82, 2.24) is 14.9 Å². The maximum atomic E-state index is 12.6. The predicted octanol–water partition coefficient (Wildman–Crippen LogP) is 0.733. The second-order valence-electron chi connectivity index (χ2n) is 5.82. The number of carbonyl (C=O) groups excluding carboxylic acids is 2. The van der Waals surface area contributed by atoms with E-state index in [1.807, 2.05) is 30.3 Å². The minimum Gasteiger partial charge on any atom is -0.364 e. The van der Waals surface area contributed by atoms with Crippen LogP contribution in [0.3, 0.4) is 0 Å². The van der Waals surface area contributed by atoms with Gasteiger partial charge in [0.1, 0.15) is 12.3 Å². The molecule has 7 heteroatoms. The van der Waals surface area contributed by atoms with Crippen LogP contribution >= 0.6 is 0 Å². The second-order valence-corrected chi connectivity index (χ2v) is 5.82. The molecule has 1 aromatic carbocycles. The summed E-state index contributed by atoms with van der Waals surface area (Å²) in [7, 11) is 0. The molecule has 2 saturated heterocycles. The lowest BCUT2D eigenvalue weighted by Crippen LogP contribution is -2.54. The number of morpholine rings is 1. The molecule has 3 heterocycles. The molecule has 0 unspecified atom stereocenters. The first-order valence-electron chi connectivity index (χ1n) is 7.78. The van der Waals surface area contributed by atoms with E-state index in [0.717, 1.165) is 5.69 Å². The summed E-state index contributed by atoms with van der Waals surface area (Å²) in [4.78, 5) is 36.4. The number of anilines is 1. The van der Waals surface area contributed by atoms with Crippen molar-refractivity contribution in [2.24, 2.45) is 0 Å². The van der Waals surface area contributed by atoms with Gasteiger partial charge in [-0.3, -0.25) is 14.6 Å². The fourth-order valence-corrected chi connectivity index (χ4v) is 3.26. The van der Waals surface area contributed by atoms with Crippen molar-refractivity contribution in [3.05, 3.63) is 54.6 Å². The van der Waals surface area contributed by atoms with E-state index in [0.29, 0.717) is 18.8 Å². The summed E-state index contributed by atoms with van der Waals surface area (Å²) in [6.07, 6.45) is 4.28. The Hall–Kier alpha value is -2.80. The van der Waals surface area contributed by atoms with Gasteiger partial charge in [-0.1, -0.05) is 18.2 Å². The average Bonchev–Trinajstić information content (AvgIpc) is 3.06. The molecule has 7 nitrogen and oxygen atoms in total. The third kappa shape index (κ3) is 2.52. The van der Waals surface area contributed by atoms with Crippen molar-refractivity contribution in [2.45, 2.75) is 12.1 Å². The van der Waals surface area contributed by atoms with E-state index < -0.39 is 0 Å². The minimum atomic E-state index is -0.193. The number of carbonyl (C=O) groups is 2.